The van der Waals surface area contributed by atoms with Gasteiger partial charge in [-0.1, -0.05) is 0 Å². The van der Waals surface area contributed by atoms with Crippen molar-refractivity contribution in [1.29, 1.82) is 0 Å². The minimum absolute atomic E-state index is 0.200. The number of ether oxygens (including phenoxy) is 2. The third-order valence-corrected chi connectivity index (χ3v) is 6.71. The van der Waals surface area contributed by atoms with Crippen molar-refractivity contribution in [3.05, 3.63) is 35.6 Å². The number of morpholine rings is 1. The number of nitrogens with zero attached hydrogens (tertiary/aromatic N) is 4. The molecule has 8 heteroatoms. The van der Waals surface area contributed by atoms with Gasteiger partial charge >= 0.3 is 0 Å². The second-order valence-corrected chi connectivity index (χ2v) is 8.86. The Morgan fingerprint density at radius 2 is 1.90 bits per heavy atom. The van der Waals surface area contributed by atoms with E-state index in [1.807, 2.05) is 6.92 Å². The number of hydrogen-bond donors (Lipinski definition) is 1. The molecule has 0 spiro atoms. The average Bonchev–Trinajstić information content (AvgIpc) is 3.20. The molecular formula is C22H27N5O2S. The Hall–Kier alpha value is -2.45. The largest absolute Gasteiger partial charge is 0.488 e. The van der Waals surface area contributed by atoms with Crippen LogP contribution in [0.3, 0.4) is 0 Å². The maximum atomic E-state index is 6.50. The van der Waals surface area contributed by atoms with E-state index in [9.17, 15) is 0 Å². The van der Waals surface area contributed by atoms with Crippen LogP contribution in [0.25, 0.3) is 11.0 Å². The monoisotopic (exact) mass is 425 g/mol. The molecule has 30 heavy (non-hydrogen) atoms. The van der Waals surface area contributed by atoms with Gasteiger partial charge in [0.1, 0.15) is 11.3 Å². The molecule has 0 amide bonds. The summed E-state index contributed by atoms with van der Waals surface area (Å²) in [5, 5.41) is 6.69. The molecule has 0 bridgehead atoms. The van der Waals surface area contributed by atoms with Crippen molar-refractivity contribution in [1.82, 2.24) is 15.0 Å². The zero-order valence-corrected chi connectivity index (χ0v) is 18.0. The minimum atomic E-state index is 0.200. The van der Waals surface area contributed by atoms with Crippen LogP contribution in [0.1, 0.15) is 31.4 Å². The maximum Gasteiger partial charge on any atom is 0.183 e. The van der Waals surface area contributed by atoms with E-state index < -0.39 is 0 Å². The molecule has 5 rings (SSSR count). The van der Waals surface area contributed by atoms with Gasteiger partial charge in [0.15, 0.2) is 5.13 Å². The minimum Gasteiger partial charge on any atom is -0.488 e. The maximum absolute atomic E-state index is 6.50. The van der Waals surface area contributed by atoms with Crippen LogP contribution in [0.4, 0.5) is 10.8 Å². The van der Waals surface area contributed by atoms with E-state index in [2.05, 4.69) is 42.7 Å². The molecule has 0 atom stereocenters. The van der Waals surface area contributed by atoms with Crippen LogP contribution in [0.15, 0.2) is 29.9 Å². The van der Waals surface area contributed by atoms with E-state index in [4.69, 9.17) is 9.47 Å². The SMILES string of the molecule is Cc1csc(NC2CCC(Oc3cc(N4CCOCC4)cc4nccnc34)CC2)n1. The van der Waals surface area contributed by atoms with E-state index in [1.165, 1.54) is 0 Å². The van der Waals surface area contributed by atoms with Gasteiger partial charge in [-0.15, -0.1) is 11.3 Å². The Labute approximate surface area is 180 Å². The van der Waals surface area contributed by atoms with Crippen LogP contribution in [0.5, 0.6) is 5.75 Å². The van der Waals surface area contributed by atoms with Crippen LogP contribution in [-0.2, 0) is 4.74 Å². The number of hydrogen-bond acceptors (Lipinski definition) is 8. The molecule has 1 N–H and O–H groups in total. The highest BCUT2D eigenvalue weighted by Gasteiger charge is 2.24. The van der Waals surface area contributed by atoms with E-state index in [1.54, 1.807) is 23.7 Å². The van der Waals surface area contributed by atoms with Gasteiger partial charge in [0.25, 0.3) is 0 Å². The van der Waals surface area contributed by atoms with Gasteiger partial charge in [-0.25, -0.2) is 9.97 Å². The Morgan fingerprint density at radius 3 is 2.67 bits per heavy atom. The molecule has 3 aromatic rings. The second-order valence-electron chi connectivity index (χ2n) is 8.00. The number of anilines is 2. The van der Waals surface area contributed by atoms with Gasteiger partial charge in [-0.2, -0.15) is 0 Å². The van der Waals surface area contributed by atoms with Crippen molar-refractivity contribution in [3.63, 3.8) is 0 Å². The lowest BCUT2D eigenvalue weighted by molar-refractivity contribution is 0.122. The predicted molar refractivity (Wildman–Crippen MR) is 120 cm³/mol. The smallest absolute Gasteiger partial charge is 0.183 e. The molecule has 3 heterocycles. The van der Waals surface area contributed by atoms with E-state index >= 15 is 0 Å². The lowest BCUT2D eigenvalue weighted by Gasteiger charge is -2.31. The molecule has 1 aromatic carbocycles. The molecule has 7 nitrogen and oxygen atoms in total. The van der Waals surface area contributed by atoms with Crippen molar-refractivity contribution in [2.45, 2.75) is 44.8 Å². The molecule has 1 aliphatic carbocycles. The Bertz CT molecular complexity index is 996. The molecular weight excluding hydrogens is 398 g/mol. The first-order valence-corrected chi connectivity index (χ1v) is 11.6. The third kappa shape index (κ3) is 4.34. The summed E-state index contributed by atoms with van der Waals surface area (Å²) in [4.78, 5) is 16.0. The summed E-state index contributed by atoms with van der Waals surface area (Å²) >= 11 is 1.68. The molecule has 0 radical (unpaired) electrons. The van der Waals surface area contributed by atoms with Crippen molar-refractivity contribution < 1.29 is 9.47 Å². The Kier molecular flexibility index (Phi) is 5.68. The highest BCUT2D eigenvalue weighted by molar-refractivity contribution is 7.13. The third-order valence-electron chi connectivity index (χ3n) is 5.81. The normalized spacial score (nSPS) is 22.2. The summed E-state index contributed by atoms with van der Waals surface area (Å²) in [5.41, 5.74) is 3.93. The van der Waals surface area contributed by atoms with Crippen molar-refractivity contribution in [2.24, 2.45) is 0 Å². The van der Waals surface area contributed by atoms with Gasteiger partial charge in [-0.3, -0.25) is 4.98 Å². The molecule has 1 saturated carbocycles. The van der Waals surface area contributed by atoms with E-state index in [-0.39, 0.29) is 6.10 Å². The number of aromatic nitrogens is 3. The van der Waals surface area contributed by atoms with Gasteiger partial charge < -0.3 is 19.7 Å². The van der Waals surface area contributed by atoms with Crippen LogP contribution in [-0.4, -0.2) is 53.4 Å². The quantitative estimate of drug-likeness (QED) is 0.661. The lowest BCUT2D eigenvalue weighted by Crippen LogP contribution is -2.36. The van der Waals surface area contributed by atoms with Gasteiger partial charge in [-0.05, 0) is 38.7 Å². The van der Waals surface area contributed by atoms with Crippen LogP contribution in [0.2, 0.25) is 0 Å². The first-order chi connectivity index (χ1) is 14.7. The van der Waals surface area contributed by atoms with E-state index in [0.29, 0.717) is 6.04 Å². The summed E-state index contributed by atoms with van der Waals surface area (Å²) in [7, 11) is 0. The van der Waals surface area contributed by atoms with Crippen molar-refractivity contribution in [3.8, 4) is 5.75 Å². The molecule has 158 valence electrons. The molecule has 2 aromatic heterocycles. The zero-order chi connectivity index (χ0) is 20.3. The fourth-order valence-electron chi connectivity index (χ4n) is 4.22. The summed E-state index contributed by atoms with van der Waals surface area (Å²) in [6, 6.07) is 4.70. The van der Waals surface area contributed by atoms with Crippen molar-refractivity contribution >= 4 is 33.2 Å². The highest BCUT2D eigenvalue weighted by Crippen LogP contribution is 2.33. The molecule has 2 aliphatic rings. The number of benzene rings is 1. The summed E-state index contributed by atoms with van der Waals surface area (Å²) < 4.78 is 12.0. The highest BCUT2D eigenvalue weighted by atomic mass is 32.1. The predicted octanol–water partition coefficient (Wildman–Crippen LogP) is 4.03. The number of thiazole rings is 1. The standard InChI is InChI=1S/C22H27N5O2S/c1-15-14-30-22(25-15)26-16-2-4-18(5-3-16)29-20-13-17(27-8-10-28-11-9-27)12-19-21(20)24-7-6-23-19/h6-7,12-14,16,18H,2-5,8-11H2,1H3,(H,25,26). The zero-order valence-electron chi connectivity index (χ0n) is 17.2. The van der Waals surface area contributed by atoms with Gasteiger partial charge in [0.05, 0.1) is 30.5 Å². The first-order valence-electron chi connectivity index (χ1n) is 10.7. The lowest BCUT2D eigenvalue weighted by atomic mass is 9.93. The fraction of sp³-hybridized carbons (Fsp3) is 0.500. The second kappa shape index (κ2) is 8.73. The molecule has 1 saturated heterocycles. The first kappa shape index (κ1) is 19.5. The summed E-state index contributed by atoms with van der Waals surface area (Å²) in [5.74, 6) is 0.842. The van der Waals surface area contributed by atoms with Gasteiger partial charge in [0.2, 0.25) is 0 Å². The number of aryl methyl sites for hydroxylation is 1. The number of rotatable bonds is 5. The number of nitrogens with one attached hydrogen (secondary N) is 1. The molecule has 1 aliphatic heterocycles. The fourth-order valence-corrected chi connectivity index (χ4v) is 4.99. The summed E-state index contributed by atoms with van der Waals surface area (Å²) in [6.07, 6.45) is 7.88. The molecule has 2 fully saturated rings. The van der Waals surface area contributed by atoms with Gasteiger partial charge in [0, 0.05) is 48.7 Å². The Balaban J connectivity index is 1.29. The summed E-state index contributed by atoms with van der Waals surface area (Å²) in [6.45, 7) is 5.32. The number of fused-ring (bicyclic) bond motifs is 1. The average molecular weight is 426 g/mol. The van der Waals surface area contributed by atoms with Crippen LogP contribution in [0, 0.1) is 6.92 Å². The van der Waals surface area contributed by atoms with Crippen molar-refractivity contribution in [2.75, 3.05) is 36.5 Å². The molecule has 0 unspecified atom stereocenters. The topological polar surface area (TPSA) is 72.4 Å². The van der Waals surface area contributed by atoms with E-state index in [0.717, 1.165) is 85.3 Å². The van der Waals surface area contributed by atoms with Crippen LogP contribution >= 0.6 is 11.3 Å². The van der Waals surface area contributed by atoms with Crippen LogP contribution < -0.4 is 15.0 Å². The Morgan fingerprint density at radius 1 is 1.10 bits per heavy atom.